The van der Waals surface area contributed by atoms with Crippen molar-refractivity contribution in [1.29, 1.82) is 0 Å². The van der Waals surface area contributed by atoms with Crippen LogP contribution in [0.2, 0.25) is 0 Å². The zero-order chi connectivity index (χ0) is 25.6. The quantitative estimate of drug-likeness (QED) is 0.344. The fraction of sp³-hybridized carbons (Fsp3) is 0.393. The Morgan fingerprint density at radius 3 is 2.62 bits per heavy atom. The second-order valence-corrected chi connectivity index (χ2v) is 9.29. The highest BCUT2D eigenvalue weighted by molar-refractivity contribution is 5.82. The molecule has 9 heteroatoms. The summed E-state index contributed by atoms with van der Waals surface area (Å²) in [6.45, 7) is 4.08. The molecule has 2 aromatic heterocycles. The summed E-state index contributed by atoms with van der Waals surface area (Å²) in [5, 5.41) is 7.82. The number of benzene rings is 2. The van der Waals surface area contributed by atoms with E-state index >= 15 is 0 Å². The molecule has 0 saturated carbocycles. The van der Waals surface area contributed by atoms with Crippen molar-refractivity contribution >= 4 is 22.4 Å². The molecule has 1 N–H and O–H groups in total. The number of aromatic nitrogens is 4. The monoisotopic (exact) mass is 502 g/mol. The summed E-state index contributed by atoms with van der Waals surface area (Å²) in [5.41, 5.74) is 5.42. The van der Waals surface area contributed by atoms with Crippen molar-refractivity contribution in [3.63, 3.8) is 0 Å². The number of likely N-dealkylation sites (N-methyl/N-ethyl adjacent to an activating group) is 1. The van der Waals surface area contributed by atoms with Crippen LogP contribution in [-0.4, -0.2) is 67.3 Å². The van der Waals surface area contributed by atoms with Gasteiger partial charge in [0.2, 0.25) is 0 Å². The third-order valence-electron chi connectivity index (χ3n) is 6.70. The maximum atomic E-state index is 5.62. The molecule has 9 nitrogen and oxygen atoms in total. The van der Waals surface area contributed by atoms with Crippen LogP contribution >= 0.6 is 0 Å². The Morgan fingerprint density at radius 2 is 1.89 bits per heavy atom. The minimum absolute atomic E-state index is 0.505. The molecule has 0 spiro atoms. The van der Waals surface area contributed by atoms with E-state index < -0.39 is 0 Å². The summed E-state index contributed by atoms with van der Waals surface area (Å²) >= 11 is 0. The van der Waals surface area contributed by atoms with Gasteiger partial charge in [-0.25, -0.2) is 4.98 Å². The first-order valence-corrected chi connectivity index (χ1v) is 12.7. The number of nitrogens with one attached hydrogen (secondary N) is 1. The van der Waals surface area contributed by atoms with E-state index in [-0.39, 0.29) is 0 Å². The topological polar surface area (TPSA) is 86.6 Å². The number of anilines is 2. The fourth-order valence-electron chi connectivity index (χ4n) is 4.70. The molecule has 0 aliphatic carbocycles. The van der Waals surface area contributed by atoms with Crippen LogP contribution in [0.25, 0.3) is 22.3 Å². The van der Waals surface area contributed by atoms with Crippen LogP contribution < -0.4 is 19.7 Å². The molecule has 1 atom stereocenters. The van der Waals surface area contributed by atoms with Crippen LogP contribution in [0, 0.1) is 5.92 Å². The Kier molecular flexibility index (Phi) is 7.82. The van der Waals surface area contributed by atoms with E-state index in [9.17, 15) is 0 Å². The normalized spacial score (nSPS) is 15.6. The molecule has 5 rings (SSSR count). The summed E-state index contributed by atoms with van der Waals surface area (Å²) in [6.07, 6.45) is 8.03. The van der Waals surface area contributed by atoms with Crippen molar-refractivity contribution in [3.8, 4) is 22.8 Å². The van der Waals surface area contributed by atoms with E-state index in [1.165, 1.54) is 6.42 Å². The molecule has 1 aliphatic heterocycles. The van der Waals surface area contributed by atoms with E-state index in [1.807, 2.05) is 48.4 Å². The molecule has 3 heterocycles. The maximum absolute atomic E-state index is 5.62. The molecule has 4 aromatic rings. The smallest absolute Gasteiger partial charge is 0.124 e. The minimum Gasteiger partial charge on any atom is -0.497 e. The van der Waals surface area contributed by atoms with Gasteiger partial charge in [-0.05, 0) is 38.1 Å². The Morgan fingerprint density at radius 1 is 1.05 bits per heavy atom. The lowest BCUT2D eigenvalue weighted by molar-refractivity contribution is 0.0470. The van der Waals surface area contributed by atoms with Crippen LogP contribution in [-0.2, 0) is 11.3 Å². The molecule has 0 bridgehead atoms. The van der Waals surface area contributed by atoms with Crippen LogP contribution in [0.1, 0.15) is 12.8 Å². The van der Waals surface area contributed by atoms with Gasteiger partial charge in [0.15, 0.2) is 0 Å². The zero-order valence-corrected chi connectivity index (χ0v) is 21.7. The Bertz CT molecular complexity index is 1310. The third-order valence-corrected chi connectivity index (χ3v) is 6.70. The third kappa shape index (κ3) is 5.84. The second-order valence-electron chi connectivity index (χ2n) is 9.29. The first-order valence-electron chi connectivity index (χ1n) is 12.7. The first kappa shape index (κ1) is 25.0. The Hall–Kier alpha value is -3.69. The lowest BCUT2D eigenvalue weighted by Gasteiger charge is -2.26. The van der Waals surface area contributed by atoms with Gasteiger partial charge in [0.25, 0.3) is 0 Å². The maximum Gasteiger partial charge on any atom is 0.124 e. The van der Waals surface area contributed by atoms with Gasteiger partial charge < -0.3 is 24.4 Å². The van der Waals surface area contributed by atoms with Crippen molar-refractivity contribution in [2.24, 2.45) is 5.92 Å². The zero-order valence-electron chi connectivity index (χ0n) is 21.7. The average Bonchev–Trinajstić information content (AvgIpc) is 3.41. The van der Waals surface area contributed by atoms with Crippen molar-refractivity contribution in [1.82, 2.24) is 25.1 Å². The average molecular weight is 503 g/mol. The van der Waals surface area contributed by atoms with Crippen LogP contribution in [0.15, 0.2) is 55.0 Å². The van der Waals surface area contributed by atoms with Gasteiger partial charge >= 0.3 is 0 Å². The van der Waals surface area contributed by atoms with Crippen molar-refractivity contribution in [2.45, 2.75) is 19.4 Å². The van der Waals surface area contributed by atoms with E-state index in [1.54, 1.807) is 14.2 Å². The Labute approximate surface area is 217 Å². The number of methoxy groups -OCH3 is 2. The van der Waals surface area contributed by atoms with E-state index in [4.69, 9.17) is 19.2 Å². The largest absolute Gasteiger partial charge is 0.497 e. The van der Waals surface area contributed by atoms with Gasteiger partial charge in [-0.1, -0.05) is 0 Å². The summed E-state index contributed by atoms with van der Waals surface area (Å²) in [4.78, 5) is 11.9. The number of hydrogen-bond acceptors (Lipinski definition) is 8. The molecule has 1 unspecified atom stereocenters. The SMILES string of the molecule is CNCCN(c1cc(OC)cc(OC)c1)c1ccc2ncc(-c3cnn(CC4CCCOC4)c3)nc2c1. The lowest BCUT2D eigenvalue weighted by Crippen LogP contribution is -2.26. The standard InChI is InChI=1S/C28H34N6O3/c1-29-8-9-34(23-11-24(35-2)14-25(12-23)36-3)22-6-7-26-27(13-22)32-28(16-30-26)21-15-31-33(18-21)17-20-5-4-10-37-19-20/h6-7,11-16,18,20,29H,4-5,8-10,17,19H2,1-3H3. The Balaban J connectivity index is 1.45. The summed E-state index contributed by atoms with van der Waals surface area (Å²) in [6, 6.07) is 12.1. The first-order chi connectivity index (χ1) is 18.2. The van der Waals surface area contributed by atoms with Gasteiger partial charge in [-0.3, -0.25) is 9.67 Å². The molecule has 37 heavy (non-hydrogen) atoms. The van der Waals surface area contributed by atoms with Crippen LogP contribution in [0.4, 0.5) is 11.4 Å². The van der Waals surface area contributed by atoms with Gasteiger partial charge in [-0.15, -0.1) is 0 Å². The number of nitrogens with zero attached hydrogens (tertiary/aromatic N) is 5. The molecule has 1 saturated heterocycles. The fourth-order valence-corrected chi connectivity index (χ4v) is 4.70. The van der Waals surface area contributed by atoms with Crippen LogP contribution in [0.3, 0.4) is 0 Å². The molecule has 0 amide bonds. The second kappa shape index (κ2) is 11.6. The van der Waals surface area contributed by atoms with Crippen LogP contribution in [0.5, 0.6) is 11.5 Å². The number of ether oxygens (including phenoxy) is 3. The summed E-state index contributed by atoms with van der Waals surface area (Å²) < 4.78 is 18.6. The van der Waals surface area contributed by atoms with E-state index in [2.05, 4.69) is 38.6 Å². The summed E-state index contributed by atoms with van der Waals surface area (Å²) in [5.74, 6) is 1.98. The van der Waals surface area contributed by atoms with Gasteiger partial charge in [0, 0.05) is 73.5 Å². The van der Waals surface area contributed by atoms with Crippen molar-refractivity contribution in [2.75, 3.05) is 52.5 Å². The highest BCUT2D eigenvalue weighted by Gasteiger charge is 2.17. The molecule has 1 aliphatic rings. The predicted molar refractivity (Wildman–Crippen MR) is 145 cm³/mol. The highest BCUT2D eigenvalue weighted by atomic mass is 16.5. The highest BCUT2D eigenvalue weighted by Crippen LogP contribution is 2.34. The van der Waals surface area contributed by atoms with Gasteiger partial charge in [0.05, 0.1) is 49.9 Å². The van der Waals surface area contributed by atoms with Crippen molar-refractivity contribution in [3.05, 3.63) is 55.0 Å². The number of fused-ring (bicyclic) bond motifs is 1. The lowest BCUT2D eigenvalue weighted by atomic mass is 10.0. The van der Waals surface area contributed by atoms with Crippen molar-refractivity contribution < 1.29 is 14.2 Å². The van der Waals surface area contributed by atoms with Gasteiger partial charge in [0.1, 0.15) is 11.5 Å². The summed E-state index contributed by atoms with van der Waals surface area (Å²) in [7, 11) is 5.27. The molecule has 0 radical (unpaired) electrons. The molecular formula is C28H34N6O3. The predicted octanol–water partition coefficient (Wildman–Crippen LogP) is 4.29. The minimum atomic E-state index is 0.505. The van der Waals surface area contributed by atoms with E-state index in [0.717, 1.165) is 84.4 Å². The number of rotatable bonds is 10. The molecule has 194 valence electrons. The number of hydrogen-bond donors (Lipinski definition) is 1. The molecule has 2 aromatic carbocycles. The molecule has 1 fully saturated rings. The van der Waals surface area contributed by atoms with E-state index in [0.29, 0.717) is 5.92 Å². The molecular weight excluding hydrogens is 468 g/mol. The van der Waals surface area contributed by atoms with Gasteiger partial charge in [-0.2, -0.15) is 5.10 Å².